The molecule has 2 saturated heterocycles. The van der Waals surface area contributed by atoms with E-state index in [4.69, 9.17) is 4.98 Å². The Morgan fingerprint density at radius 3 is 2.75 bits per heavy atom. The Bertz CT molecular complexity index is 811. The Kier molecular flexibility index (Phi) is 5.03. The monoisotopic (exact) mass is 385 g/mol. The first kappa shape index (κ1) is 18.8. The maximum absolute atomic E-state index is 12.8. The number of hydrogen-bond acceptors (Lipinski definition) is 5. The first-order valence-electron chi connectivity index (χ1n) is 10.1. The number of fused-ring (bicyclic) bond motifs is 1. The van der Waals surface area contributed by atoms with E-state index >= 15 is 0 Å². The van der Waals surface area contributed by atoms with Crippen molar-refractivity contribution in [2.75, 3.05) is 32.7 Å². The van der Waals surface area contributed by atoms with Crippen LogP contribution in [-0.2, 0) is 27.3 Å². The molecule has 0 aliphatic carbocycles. The molecule has 3 aliphatic rings. The van der Waals surface area contributed by atoms with Crippen molar-refractivity contribution in [1.29, 1.82) is 0 Å². The summed E-state index contributed by atoms with van der Waals surface area (Å²) in [7, 11) is 0. The quantitative estimate of drug-likeness (QED) is 0.759. The summed E-state index contributed by atoms with van der Waals surface area (Å²) in [6.07, 6.45) is 3.76. The molecule has 4 rings (SSSR count). The van der Waals surface area contributed by atoms with Gasteiger partial charge in [-0.05, 0) is 13.3 Å². The number of amides is 3. The van der Waals surface area contributed by atoms with Crippen molar-refractivity contribution in [2.45, 2.75) is 45.6 Å². The van der Waals surface area contributed by atoms with Crippen LogP contribution in [0.4, 0.5) is 0 Å². The van der Waals surface area contributed by atoms with E-state index in [9.17, 15) is 14.4 Å². The van der Waals surface area contributed by atoms with Crippen LogP contribution in [0.25, 0.3) is 0 Å². The molecule has 4 heterocycles. The minimum atomic E-state index is -0.215. The first-order chi connectivity index (χ1) is 13.5. The van der Waals surface area contributed by atoms with Gasteiger partial charge in [-0.1, -0.05) is 0 Å². The van der Waals surface area contributed by atoms with Gasteiger partial charge < -0.3 is 14.7 Å². The van der Waals surface area contributed by atoms with Gasteiger partial charge in [-0.2, -0.15) is 0 Å². The van der Waals surface area contributed by atoms with Gasteiger partial charge in [0.1, 0.15) is 5.82 Å². The second-order valence-electron chi connectivity index (χ2n) is 7.99. The smallest absolute Gasteiger partial charge is 0.228 e. The van der Waals surface area contributed by atoms with Crippen molar-refractivity contribution in [3.63, 3.8) is 0 Å². The molecular formula is C20H27N5O3. The van der Waals surface area contributed by atoms with Crippen LogP contribution in [0.1, 0.15) is 49.7 Å². The highest BCUT2D eigenvalue weighted by atomic mass is 16.2. The molecule has 8 heteroatoms. The molecule has 3 amide bonds. The first-order valence-corrected chi connectivity index (χ1v) is 10.1. The minimum absolute atomic E-state index is 0.0757. The van der Waals surface area contributed by atoms with Crippen LogP contribution >= 0.6 is 0 Å². The van der Waals surface area contributed by atoms with Crippen LogP contribution in [0.5, 0.6) is 0 Å². The summed E-state index contributed by atoms with van der Waals surface area (Å²) >= 11 is 0. The maximum atomic E-state index is 12.8. The molecule has 0 N–H and O–H groups in total. The van der Waals surface area contributed by atoms with E-state index in [2.05, 4.69) is 4.98 Å². The third-order valence-corrected chi connectivity index (χ3v) is 6.21. The van der Waals surface area contributed by atoms with Gasteiger partial charge in [0.2, 0.25) is 17.7 Å². The lowest BCUT2D eigenvalue weighted by atomic mass is 10.0. The molecule has 1 aromatic heterocycles. The van der Waals surface area contributed by atoms with Gasteiger partial charge >= 0.3 is 0 Å². The van der Waals surface area contributed by atoms with Gasteiger partial charge in [-0.3, -0.25) is 14.4 Å². The predicted octanol–water partition coefficient (Wildman–Crippen LogP) is 0.565. The van der Waals surface area contributed by atoms with Crippen LogP contribution in [0, 0.1) is 5.92 Å². The predicted molar refractivity (Wildman–Crippen MR) is 101 cm³/mol. The summed E-state index contributed by atoms with van der Waals surface area (Å²) in [6, 6.07) is 0. The molecule has 2 fully saturated rings. The second kappa shape index (κ2) is 7.48. The lowest BCUT2D eigenvalue weighted by Gasteiger charge is -2.27. The van der Waals surface area contributed by atoms with Crippen molar-refractivity contribution in [1.82, 2.24) is 24.7 Å². The van der Waals surface area contributed by atoms with Crippen molar-refractivity contribution in [3.8, 4) is 0 Å². The molecule has 0 saturated carbocycles. The van der Waals surface area contributed by atoms with E-state index in [0.29, 0.717) is 45.7 Å². The molecular weight excluding hydrogens is 358 g/mol. The normalized spacial score (nSPS) is 24.6. The molecule has 28 heavy (non-hydrogen) atoms. The Labute approximate surface area is 164 Å². The second-order valence-corrected chi connectivity index (χ2v) is 7.99. The lowest BCUT2D eigenvalue weighted by Crippen LogP contribution is -2.36. The average Bonchev–Trinajstić information content (AvgIpc) is 3.33. The summed E-state index contributed by atoms with van der Waals surface area (Å²) in [6.45, 7) is 7.31. The summed E-state index contributed by atoms with van der Waals surface area (Å²) in [4.78, 5) is 51.1. The topological polar surface area (TPSA) is 86.7 Å². The Morgan fingerprint density at radius 2 is 2.04 bits per heavy atom. The molecule has 8 nitrogen and oxygen atoms in total. The molecule has 0 spiro atoms. The van der Waals surface area contributed by atoms with Gasteiger partial charge in [-0.15, -0.1) is 0 Å². The molecule has 1 aromatic rings. The molecule has 2 atom stereocenters. The van der Waals surface area contributed by atoms with Crippen LogP contribution in [0.3, 0.4) is 0 Å². The lowest BCUT2D eigenvalue weighted by molar-refractivity contribution is -0.134. The summed E-state index contributed by atoms with van der Waals surface area (Å²) < 4.78 is 0. The molecule has 150 valence electrons. The molecule has 2 unspecified atom stereocenters. The zero-order chi connectivity index (χ0) is 19.8. The number of carbonyl (C=O) groups excluding carboxylic acids is 3. The fourth-order valence-corrected chi connectivity index (χ4v) is 4.47. The van der Waals surface area contributed by atoms with E-state index in [-0.39, 0.29) is 29.6 Å². The van der Waals surface area contributed by atoms with Crippen LogP contribution < -0.4 is 0 Å². The van der Waals surface area contributed by atoms with Gasteiger partial charge in [-0.25, -0.2) is 9.97 Å². The molecule has 0 bridgehead atoms. The van der Waals surface area contributed by atoms with Gasteiger partial charge in [0.15, 0.2) is 0 Å². The fraction of sp³-hybridized carbons (Fsp3) is 0.650. The summed E-state index contributed by atoms with van der Waals surface area (Å²) in [5.74, 6) is 0.957. The highest BCUT2D eigenvalue weighted by molar-refractivity contribution is 5.89. The number of rotatable bonds is 3. The number of carbonyl (C=O) groups is 3. The molecule has 0 radical (unpaired) electrons. The van der Waals surface area contributed by atoms with Crippen LogP contribution in [0.2, 0.25) is 0 Å². The van der Waals surface area contributed by atoms with Crippen LogP contribution in [-0.4, -0.2) is 75.1 Å². The zero-order valence-corrected chi connectivity index (χ0v) is 16.6. The number of nitrogens with zero attached hydrogens (tertiary/aromatic N) is 5. The number of hydrogen-bond donors (Lipinski definition) is 0. The van der Waals surface area contributed by atoms with Gasteiger partial charge in [0.25, 0.3) is 0 Å². The molecule has 0 aromatic carbocycles. The number of aromatic nitrogens is 2. The summed E-state index contributed by atoms with van der Waals surface area (Å²) in [5.41, 5.74) is 2.03. The van der Waals surface area contributed by atoms with Crippen molar-refractivity contribution >= 4 is 17.7 Å². The van der Waals surface area contributed by atoms with Crippen LogP contribution in [0.15, 0.2) is 6.20 Å². The van der Waals surface area contributed by atoms with Crippen molar-refractivity contribution in [3.05, 3.63) is 23.3 Å². The number of likely N-dealkylation sites (tertiary alicyclic amines) is 2. The van der Waals surface area contributed by atoms with Crippen molar-refractivity contribution < 1.29 is 14.4 Å². The Morgan fingerprint density at radius 1 is 1.21 bits per heavy atom. The van der Waals surface area contributed by atoms with Gasteiger partial charge in [0, 0.05) is 76.7 Å². The van der Waals surface area contributed by atoms with Crippen molar-refractivity contribution in [2.24, 2.45) is 5.92 Å². The SMILES string of the molecule is CCN1CC(C(=O)N2CCC(c3ncc4c(n3)CCN(C(C)=O)C4)C2)CC1=O. The van der Waals surface area contributed by atoms with E-state index < -0.39 is 0 Å². The standard InChI is InChI=1S/C20H27N5O3/c1-3-23-11-15(8-18(23)27)20(28)25-6-4-14(10-25)19-21-9-16-12-24(13(2)26)7-5-17(16)22-19/h9,14-15H,3-8,10-12H2,1-2H3. The van der Waals surface area contributed by atoms with E-state index in [1.54, 1.807) is 11.8 Å². The van der Waals surface area contributed by atoms with E-state index in [1.807, 2.05) is 22.9 Å². The average molecular weight is 385 g/mol. The highest BCUT2D eigenvalue weighted by Gasteiger charge is 2.38. The van der Waals surface area contributed by atoms with E-state index in [0.717, 1.165) is 29.9 Å². The third-order valence-electron chi connectivity index (χ3n) is 6.21. The van der Waals surface area contributed by atoms with Gasteiger partial charge in [0.05, 0.1) is 11.6 Å². The van der Waals surface area contributed by atoms with E-state index in [1.165, 1.54) is 0 Å². The minimum Gasteiger partial charge on any atom is -0.342 e. The third kappa shape index (κ3) is 3.47. The largest absolute Gasteiger partial charge is 0.342 e. The fourth-order valence-electron chi connectivity index (χ4n) is 4.47. The Hall–Kier alpha value is -2.51. The molecule has 3 aliphatic heterocycles. The zero-order valence-electron chi connectivity index (χ0n) is 16.6. The highest BCUT2D eigenvalue weighted by Crippen LogP contribution is 2.29. The Balaban J connectivity index is 1.40. The summed E-state index contributed by atoms with van der Waals surface area (Å²) in [5, 5.41) is 0. The maximum Gasteiger partial charge on any atom is 0.228 e.